The molecule has 2 heterocycles. The van der Waals surface area contributed by atoms with E-state index >= 15 is 0 Å². The van der Waals surface area contributed by atoms with Crippen molar-refractivity contribution in [3.8, 4) is 0 Å². The largest absolute Gasteiger partial charge is 0.480 e. The van der Waals surface area contributed by atoms with Crippen molar-refractivity contribution in [1.82, 2.24) is 15.1 Å². The van der Waals surface area contributed by atoms with E-state index in [2.05, 4.69) is 10.2 Å². The number of hydrogen-bond donors (Lipinski definition) is 2. The molecule has 114 valence electrons. The van der Waals surface area contributed by atoms with Gasteiger partial charge < -0.3 is 20.2 Å². The van der Waals surface area contributed by atoms with Gasteiger partial charge in [-0.1, -0.05) is 6.92 Å². The smallest absolute Gasteiger partial charge is 0.326 e. The van der Waals surface area contributed by atoms with E-state index in [0.717, 1.165) is 38.8 Å². The Morgan fingerprint density at radius 3 is 2.55 bits per heavy atom. The Morgan fingerprint density at radius 2 is 1.90 bits per heavy atom. The molecule has 3 unspecified atom stereocenters. The van der Waals surface area contributed by atoms with Gasteiger partial charge in [0.1, 0.15) is 6.04 Å². The van der Waals surface area contributed by atoms with Crippen LogP contribution in [0.3, 0.4) is 0 Å². The van der Waals surface area contributed by atoms with Crippen LogP contribution in [0.25, 0.3) is 0 Å². The Balaban J connectivity index is 1.97. The summed E-state index contributed by atoms with van der Waals surface area (Å²) >= 11 is 0. The van der Waals surface area contributed by atoms with Gasteiger partial charge in [0.2, 0.25) is 0 Å². The van der Waals surface area contributed by atoms with Crippen LogP contribution >= 0.6 is 0 Å². The number of nitrogens with one attached hydrogen (secondary N) is 1. The highest BCUT2D eigenvalue weighted by atomic mass is 16.4. The fourth-order valence-corrected chi connectivity index (χ4v) is 3.33. The van der Waals surface area contributed by atoms with Gasteiger partial charge in [0.05, 0.1) is 0 Å². The van der Waals surface area contributed by atoms with Crippen LogP contribution in [0.5, 0.6) is 0 Å². The Labute approximate surface area is 120 Å². The molecule has 2 saturated heterocycles. The van der Waals surface area contributed by atoms with Crippen LogP contribution in [0, 0.1) is 5.92 Å². The molecule has 0 aromatic carbocycles. The number of carboxylic acid groups (broad SMARTS) is 1. The quantitative estimate of drug-likeness (QED) is 0.792. The number of amides is 2. The summed E-state index contributed by atoms with van der Waals surface area (Å²) in [5, 5.41) is 12.4. The van der Waals surface area contributed by atoms with Crippen molar-refractivity contribution in [2.75, 3.05) is 26.7 Å². The summed E-state index contributed by atoms with van der Waals surface area (Å²) in [5.41, 5.74) is 0. The van der Waals surface area contributed by atoms with E-state index in [0.29, 0.717) is 6.54 Å². The van der Waals surface area contributed by atoms with Gasteiger partial charge in [-0.2, -0.15) is 0 Å². The summed E-state index contributed by atoms with van der Waals surface area (Å²) in [7, 11) is 2.04. The highest BCUT2D eigenvalue weighted by Gasteiger charge is 2.37. The lowest BCUT2D eigenvalue weighted by molar-refractivity contribution is -0.145. The average Bonchev–Trinajstić information content (AvgIpc) is 2.37. The molecule has 0 radical (unpaired) electrons. The van der Waals surface area contributed by atoms with E-state index in [-0.39, 0.29) is 18.0 Å². The van der Waals surface area contributed by atoms with Crippen LogP contribution < -0.4 is 5.32 Å². The van der Waals surface area contributed by atoms with Gasteiger partial charge in [-0.25, -0.2) is 9.59 Å². The predicted molar refractivity (Wildman–Crippen MR) is 75.6 cm³/mol. The van der Waals surface area contributed by atoms with E-state index in [1.165, 1.54) is 4.90 Å². The fourth-order valence-electron chi connectivity index (χ4n) is 3.33. The monoisotopic (exact) mass is 283 g/mol. The van der Waals surface area contributed by atoms with Crippen molar-refractivity contribution in [2.24, 2.45) is 5.92 Å². The molecule has 0 saturated carbocycles. The first-order valence-electron chi connectivity index (χ1n) is 7.47. The molecule has 6 heteroatoms. The molecule has 0 bridgehead atoms. The standard InChI is InChI=1S/C14H25N3O3/c1-10-5-3-8-17(12(10)13(18)19)14(20)15-11-6-4-7-16(2)9-11/h10-12H,3-9H2,1-2H3,(H,15,20)(H,18,19). The molecule has 0 spiro atoms. The Hall–Kier alpha value is -1.30. The number of piperidine rings is 2. The molecule has 6 nitrogen and oxygen atoms in total. The summed E-state index contributed by atoms with van der Waals surface area (Å²) < 4.78 is 0. The van der Waals surface area contributed by atoms with E-state index < -0.39 is 12.0 Å². The summed E-state index contributed by atoms with van der Waals surface area (Å²) in [5.74, 6) is -0.880. The second-order valence-electron chi connectivity index (χ2n) is 6.15. The molecular formula is C14H25N3O3. The highest BCUT2D eigenvalue weighted by Crippen LogP contribution is 2.23. The van der Waals surface area contributed by atoms with Gasteiger partial charge in [0.15, 0.2) is 0 Å². The van der Waals surface area contributed by atoms with Crippen LogP contribution in [0.4, 0.5) is 4.79 Å². The number of likely N-dealkylation sites (N-methyl/N-ethyl adjacent to an activating group) is 1. The Morgan fingerprint density at radius 1 is 1.20 bits per heavy atom. The molecule has 0 aromatic heterocycles. The third kappa shape index (κ3) is 3.42. The van der Waals surface area contributed by atoms with E-state index in [1.807, 2.05) is 14.0 Å². The number of carbonyl (C=O) groups is 2. The Bertz CT molecular complexity index is 375. The molecule has 3 atom stereocenters. The van der Waals surface area contributed by atoms with Crippen LogP contribution in [0.1, 0.15) is 32.6 Å². The summed E-state index contributed by atoms with van der Waals surface area (Å²) in [6, 6.07) is -0.776. The molecule has 2 aliphatic rings. The molecule has 2 fully saturated rings. The minimum Gasteiger partial charge on any atom is -0.480 e. The van der Waals surface area contributed by atoms with Gasteiger partial charge >= 0.3 is 12.0 Å². The lowest BCUT2D eigenvalue weighted by Crippen LogP contribution is -2.58. The van der Waals surface area contributed by atoms with Crippen LogP contribution in [-0.2, 0) is 4.79 Å². The number of carboxylic acids is 1. The summed E-state index contributed by atoms with van der Waals surface area (Å²) in [6.07, 6.45) is 3.78. The van der Waals surface area contributed by atoms with Gasteiger partial charge in [-0.15, -0.1) is 0 Å². The summed E-state index contributed by atoms with van der Waals surface area (Å²) in [4.78, 5) is 27.5. The maximum absolute atomic E-state index is 12.4. The van der Waals surface area contributed by atoms with Crippen LogP contribution in [0.2, 0.25) is 0 Å². The second kappa shape index (κ2) is 6.43. The van der Waals surface area contributed by atoms with Crippen molar-refractivity contribution in [2.45, 2.75) is 44.7 Å². The van der Waals surface area contributed by atoms with Gasteiger partial charge in [0, 0.05) is 19.1 Å². The zero-order valence-corrected chi connectivity index (χ0v) is 12.3. The SMILES string of the molecule is CC1CCCN(C(=O)NC2CCCN(C)C2)C1C(=O)O. The minimum atomic E-state index is -0.895. The number of rotatable bonds is 2. The summed E-state index contributed by atoms with van der Waals surface area (Å²) in [6.45, 7) is 4.35. The van der Waals surface area contributed by atoms with Gasteiger partial charge in [-0.3, -0.25) is 0 Å². The molecular weight excluding hydrogens is 258 g/mol. The molecule has 2 rings (SSSR count). The number of aliphatic carboxylic acids is 1. The molecule has 0 aromatic rings. The second-order valence-corrected chi connectivity index (χ2v) is 6.15. The third-order valence-electron chi connectivity index (χ3n) is 4.40. The normalized spacial score (nSPS) is 31.9. The lowest BCUT2D eigenvalue weighted by atomic mass is 9.91. The number of urea groups is 1. The maximum Gasteiger partial charge on any atom is 0.326 e. The van der Waals surface area contributed by atoms with Gasteiger partial charge in [0.25, 0.3) is 0 Å². The molecule has 2 amide bonds. The van der Waals surface area contributed by atoms with E-state index in [4.69, 9.17) is 0 Å². The van der Waals surface area contributed by atoms with Crippen LogP contribution in [-0.4, -0.2) is 65.7 Å². The molecule has 0 aliphatic carbocycles. The van der Waals surface area contributed by atoms with E-state index in [1.54, 1.807) is 0 Å². The first-order valence-corrected chi connectivity index (χ1v) is 7.47. The number of carbonyl (C=O) groups excluding carboxylic acids is 1. The number of nitrogens with zero attached hydrogens (tertiary/aromatic N) is 2. The molecule has 2 N–H and O–H groups in total. The van der Waals surface area contributed by atoms with Crippen molar-refractivity contribution in [3.05, 3.63) is 0 Å². The zero-order chi connectivity index (χ0) is 14.7. The van der Waals surface area contributed by atoms with Gasteiger partial charge in [-0.05, 0) is 45.2 Å². The average molecular weight is 283 g/mol. The van der Waals surface area contributed by atoms with E-state index in [9.17, 15) is 14.7 Å². The van der Waals surface area contributed by atoms with Crippen LogP contribution in [0.15, 0.2) is 0 Å². The maximum atomic E-state index is 12.4. The van der Waals surface area contributed by atoms with Crippen molar-refractivity contribution in [3.63, 3.8) is 0 Å². The first-order chi connectivity index (χ1) is 9.49. The minimum absolute atomic E-state index is 0.0148. The zero-order valence-electron chi connectivity index (χ0n) is 12.3. The molecule has 20 heavy (non-hydrogen) atoms. The number of likely N-dealkylation sites (tertiary alicyclic amines) is 2. The predicted octanol–water partition coefficient (Wildman–Crippen LogP) is 0.975. The van der Waals surface area contributed by atoms with Crippen molar-refractivity contribution < 1.29 is 14.7 Å². The van der Waals surface area contributed by atoms with Crippen molar-refractivity contribution >= 4 is 12.0 Å². The van der Waals surface area contributed by atoms with Crippen molar-refractivity contribution in [1.29, 1.82) is 0 Å². The lowest BCUT2D eigenvalue weighted by Gasteiger charge is -2.39. The highest BCUT2D eigenvalue weighted by molar-refractivity contribution is 5.83. The Kier molecular flexibility index (Phi) is 4.86. The fraction of sp³-hybridized carbons (Fsp3) is 0.857. The third-order valence-corrected chi connectivity index (χ3v) is 4.40. The number of hydrogen-bond acceptors (Lipinski definition) is 3. The topological polar surface area (TPSA) is 72.9 Å². The first kappa shape index (κ1) is 15.1. The molecule has 2 aliphatic heterocycles.